The monoisotopic (exact) mass is 237 g/mol. The number of hydrogen-bond acceptors (Lipinski definition) is 2. The van der Waals surface area contributed by atoms with Crippen LogP contribution in [0.3, 0.4) is 0 Å². The molecular formula is C15H15N3. The Hall–Kier alpha value is -2.29. The first-order valence-electron chi connectivity index (χ1n) is 6.00. The largest absolute Gasteiger partial charge is 0.387 e. The van der Waals surface area contributed by atoms with E-state index >= 15 is 0 Å². The number of nitrogens with one attached hydrogen (secondary N) is 1. The number of nitrogens with zero attached hydrogens (tertiary/aromatic N) is 2. The SMILES string of the molecule is CNc1ccc2ncc(-c3ccccc3C)n2c1. The van der Waals surface area contributed by atoms with Crippen LogP contribution in [-0.2, 0) is 0 Å². The highest BCUT2D eigenvalue weighted by molar-refractivity contribution is 5.68. The molecule has 1 aromatic carbocycles. The van der Waals surface area contributed by atoms with Gasteiger partial charge in [-0.25, -0.2) is 4.98 Å². The number of imidazole rings is 1. The molecule has 0 radical (unpaired) electrons. The minimum Gasteiger partial charge on any atom is -0.387 e. The zero-order chi connectivity index (χ0) is 12.5. The smallest absolute Gasteiger partial charge is 0.137 e. The van der Waals surface area contributed by atoms with Crippen LogP contribution in [0.2, 0.25) is 0 Å². The van der Waals surface area contributed by atoms with Crippen molar-refractivity contribution in [1.82, 2.24) is 9.38 Å². The van der Waals surface area contributed by atoms with Gasteiger partial charge >= 0.3 is 0 Å². The van der Waals surface area contributed by atoms with Crippen LogP contribution in [0, 0.1) is 6.92 Å². The lowest BCUT2D eigenvalue weighted by Gasteiger charge is -2.07. The molecule has 0 saturated heterocycles. The highest BCUT2D eigenvalue weighted by atomic mass is 15.0. The fourth-order valence-corrected chi connectivity index (χ4v) is 2.19. The number of anilines is 1. The number of benzene rings is 1. The number of aromatic nitrogens is 2. The molecule has 0 aliphatic heterocycles. The van der Waals surface area contributed by atoms with E-state index in [9.17, 15) is 0 Å². The van der Waals surface area contributed by atoms with Gasteiger partial charge in [0, 0.05) is 18.8 Å². The van der Waals surface area contributed by atoms with Gasteiger partial charge in [-0.2, -0.15) is 0 Å². The first-order valence-corrected chi connectivity index (χ1v) is 6.00. The maximum absolute atomic E-state index is 4.45. The molecule has 3 nitrogen and oxygen atoms in total. The van der Waals surface area contributed by atoms with Crippen molar-refractivity contribution in [2.75, 3.05) is 12.4 Å². The van der Waals surface area contributed by atoms with E-state index in [4.69, 9.17) is 0 Å². The van der Waals surface area contributed by atoms with E-state index < -0.39 is 0 Å². The molecule has 0 unspecified atom stereocenters. The summed E-state index contributed by atoms with van der Waals surface area (Å²) < 4.78 is 2.12. The van der Waals surface area contributed by atoms with Gasteiger partial charge in [-0.15, -0.1) is 0 Å². The zero-order valence-corrected chi connectivity index (χ0v) is 10.5. The minimum atomic E-state index is 0.965. The summed E-state index contributed by atoms with van der Waals surface area (Å²) >= 11 is 0. The van der Waals surface area contributed by atoms with Crippen LogP contribution in [0.1, 0.15) is 5.56 Å². The van der Waals surface area contributed by atoms with Gasteiger partial charge in [0.25, 0.3) is 0 Å². The Kier molecular flexibility index (Phi) is 2.52. The molecule has 2 heterocycles. The Morgan fingerprint density at radius 2 is 1.94 bits per heavy atom. The van der Waals surface area contributed by atoms with Crippen LogP contribution in [0.4, 0.5) is 5.69 Å². The molecule has 0 bridgehead atoms. The maximum atomic E-state index is 4.45. The molecule has 0 spiro atoms. The number of hydrogen-bond donors (Lipinski definition) is 1. The maximum Gasteiger partial charge on any atom is 0.137 e. The molecule has 3 aromatic rings. The normalized spacial score (nSPS) is 10.8. The number of rotatable bonds is 2. The quantitative estimate of drug-likeness (QED) is 0.740. The molecule has 3 heteroatoms. The predicted molar refractivity (Wildman–Crippen MR) is 74.9 cm³/mol. The first kappa shape index (κ1) is 10.8. The summed E-state index contributed by atoms with van der Waals surface area (Å²) in [5.41, 5.74) is 5.65. The second-order valence-electron chi connectivity index (χ2n) is 4.35. The second-order valence-corrected chi connectivity index (χ2v) is 4.35. The molecule has 90 valence electrons. The third-order valence-electron chi connectivity index (χ3n) is 3.22. The molecule has 0 fully saturated rings. The van der Waals surface area contributed by atoms with Crippen LogP contribution in [0.15, 0.2) is 48.8 Å². The molecular weight excluding hydrogens is 222 g/mol. The molecule has 0 aliphatic rings. The van der Waals surface area contributed by atoms with Gasteiger partial charge in [0.2, 0.25) is 0 Å². The van der Waals surface area contributed by atoms with Gasteiger partial charge in [0.1, 0.15) is 5.65 Å². The summed E-state index contributed by atoms with van der Waals surface area (Å²) in [5.74, 6) is 0. The second kappa shape index (κ2) is 4.18. The van der Waals surface area contributed by atoms with Gasteiger partial charge in [0.15, 0.2) is 0 Å². The average molecular weight is 237 g/mol. The van der Waals surface area contributed by atoms with Crippen molar-refractivity contribution in [1.29, 1.82) is 0 Å². The number of aryl methyl sites for hydroxylation is 1. The molecule has 3 rings (SSSR count). The third kappa shape index (κ3) is 1.64. The molecule has 0 aliphatic carbocycles. The van der Waals surface area contributed by atoms with E-state index in [2.05, 4.69) is 52.1 Å². The number of pyridine rings is 1. The summed E-state index contributed by atoms with van der Waals surface area (Å²) in [6.07, 6.45) is 4.00. The van der Waals surface area contributed by atoms with Crippen molar-refractivity contribution in [3.8, 4) is 11.3 Å². The Bertz CT molecular complexity index is 698. The van der Waals surface area contributed by atoms with E-state index in [1.165, 1.54) is 11.1 Å². The summed E-state index contributed by atoms with van der Waals surface area (Å²) in [4.78, 5) is 4.45. The average Bonchev–Trinajstić information content (AvgIpc) is 2.82. The lowest BCUT2D eigenvalue weighted by molar-refractivity contribution is 1.18. The van der Waals surface area contributed by atoms with Crippen molar-refractivity contribution >= 4 is 11.3 Å². The van der Waals surface area contributed by atoms with E-state index in [0.717, 1.165) is 17.0 Å². The van der Waals surface area contributed by atoms with Crippen LogP contribution in [0.25, 0.3) is 16.9 Å². The fourth-order valence-electron chi connectivity index (χ4n) is 2.19. The van der Waals surface area contributed by atoms with Gasteiger partial charge < -0.3 is 5.32 Å². The Balaban J connectivity index is 2.26. The topological polar surface area (TPSA) is 29.3 Å². The number of fused-ring (bicyclic) bond motifs is 1. The summed E-state index contributed by atoms with van der Waals surface area (Å²) in [5, 5.41) is 3.15. The Labute approximate surface area is 106 Å². The lowest BCUT2D eigenvalue weighted by Crippen LogP contribution is -1.94. The highest BCUT2D eigenvalue weighted by Crippen LogP contribution is 2.25. The van der Waals surface area contributed by atoms with Crippen molar-refractivity contribution in [2.45, 2.75) is 6.92 Å². The van der Waals surface area contributed by atoms with Crippen LogP contribution < -0.4 is 5.32 Å². The highest BCUT2D eigenvalue weighted by Gasteiger charge is 2.07. The van der Waals surface area contributed by atoms with E-state index in [1.54, 1.807) is 0 Å². The first-order chi connectivity index (χ1) is 8.79. The Morgan fingerprint density at radius 1 is 1.11 bits per heavy atom. The van der Waals surface area contributed by atoms with Crippen molar-refractivity contribution in [3.63, 3.8) is 0 Å². The van der Waals surface area contributed by atoms with Gasteiger partial charge in [0.05, 0.1) is 17.6 Å². The Morgan fingerprint density at radius 3 is 2.72 bits per heavy atom. The van der Waals surface area contributed by atoms with Crippen LogP contribution >= 0.6 is 0 Å². The fraction of sp³-hybridized carbons (Fsp3) is 0.133. The molecule has 0 amide bonds. The van der Waals surface area contributed by atoms with Crippen molar-refractivity contribution in [2.24, 2.45) is 0 Å². The standard InChI is InChI=1S/C15H15N3/c1-11-5-3-4-6-13(11)14-9-17-15-8-7-12(16-2)10-18(14)15/h3-10,16H,1-2H3. The van der Waals surface area contributed by atoms with Gasteiger partial charge in [-0.1, -0.05) is 24.3 Å². The van der Waals surface area contributed by atoms with E-state index in [-0.39, 0.29) is 0 Å². The predicted octanol–water partition coefficient (Wildman–Crippen LogP) is 3.35. The van der Waals surface area contributed by atoms with Crippen LogP contribution in [-0.4, -0.2) is 16.4 Å². The summed E-state index contributed by atoms with van der Waals surface area (Å²) in [7, 11) is 1.92. The minimum absolute atomic E-state index is 0.965. The van der Waals surface area contributed by atoms with Gasteiger partial charge in [-0.05, 0) is 24.6 Å². The van der Waals surface area contributed by atoms with Crippen molar-refractivity contribution in [3.05, 3.63) is 54.4 Å². The molecule has 1 N–H and O–H groups in total. The molecule has 18 heavy (non-hydrogen) atoms. The third-order valence-corrected chi connectivity index (χ3v) is 3.22. The molecule has 0 atom stereocenters. The van der Waals surface area contributed by atoms with Crippen LogP contribution in [0.5, 0.6) is 0 Å². The van der Waals surface area contributed by atoms with E-state index in [0.29, 0.717) is 0 Å². The zero-order valence-electron chi connectivity index (χ0n) is 10.5. The summed E-state index contributed by atoms with van der Waals surface area (Å²) in [6, 6.07) is 12.4. The summed E-state index contributed by atoms with van der Waals surface area (Å²) in [6.45, 7) is 2.12. The lowest BCUT2D eigenvalue weighted by atomic mass is 10.1. The van der Waals surface area contributed by atoms with Crippen molar-refractivity contribution < 1.29 is 0 Å². The van der Waals surface area contributed by atoms with E-state index in [1.807, 2.05) is 25.4 Å². The molecule has 2 aromatic heterocycles. The molecule has 0 saturated carbocycles. The van der Waals surface area contributed by atoms with Gasteiger partial charge in [-0.3, -0.25) is 4.40 Å².